The molecule has 3 N–H and O–H groups in total. The maximum atomic E-state index is 10.1. The van der Waals surface area contributed by atoms with Gasteiger partial charge in [-0.3, -0.25) is 10.2 Å². The molecule has 0 aliphatic rings. The topological polar surface area (TPSA) is 120 Å². The van der Waals surface area contributed by atoms with Crippen molar-refractivity contribution >= 4 is 5.96 Å². The highest BCUT2D eigenvalue weighted by Crippen LogP contribution is 2.20. The summed E-state index contributed by atoms with van der Waals surface area (Å²) in [5.74, 6) is -0.571. The number of nitrogens with one attached hydrogen (secondary N) is 1. The van der Waals surface area contributed by atoms with Crippen LogP contribution in [0.15, 0.2) is 0 Å². The van der Waals surface area contributed by atoms with E-state index in [0.29, 0.717) is 11.3 Å². The van der Waals surface area contributed by atoms with Crippen molar-refractivity contribution in [2.24, 2.45) is 5.73 Å². The largest absolute Gasteiger partial charge is 0.368 e. The molecule has 0 fully saturated rings. The van der Waals surface area contributed by atoms with Crippen LogP contribution in [0.3, 0.4) is 0 Å². The molecule has 1 aromatic heterocycles. The van der Waals surface area contributed by atoms with Gasteiger partial charge in [0.25, 0.3) is 0 Å². The molecule has 1 rings (SSSR count). The number of aryl methyl sites for hydroxylation is 1. The zero-order chi connectivity index (χ0) is 10.9. The van der Waals surface area contributed by atoms with E-state index in [-0.39, 0.29) is 5.88 Å². The molecule has 0 bridgehead atoms. The molecule has 76 valence electrons. The molecule has 8 nitrogen and oxygen atoms in total. The fourth-order valence-electron chi connectivity index (χ4n) is 0.925. The van der Waals surface area contributed by atoms with Gasteiger partial charge in [0.05, 0.1) is 5.69 Å². The highest BCUT2D eigenvalue weighted by molar-refractivity contribution is 5.78. The van der Waals surface area contributed by atoms with Crippen molar-refractivity contribution in [3.63, 3.8) is 0 Å². The maximum Gasteiger partial charge on any atom is 0.301 e. The summed E-state index contributed by atoms with van der Waals surface area (Å²) in [6, 6.07) is 0. The number of hydrogen-bond donors (Lipinski definition) is 2. The van der Waals surface area contributed by atoms with Crippen molar-refractivity contribution in [1.29, 1.82) is 5.41 Å². The number of hydrogen-bond acceptors (Lipinski definition) is 5. The summed E-state index contributed by atoms with van der Waals surface area (Å²) in [6.07, 6.45) is 0. The van der Waals surface area contributed by atoms with Crippen LogP contribution in [0.2, 0.25) is 0 Å². The van der Waals surface area contributed by atoms with Gasteiger partial charge in [0.15, 0.2) is 0 Å². The van der Waals surface area contributed by atoms with Crippen LogP contribution in [0.25, 0.3) is 0 Å². The van der Waals surface area contributed by atoms with Gasteiger partial charge in [-0.2, -0.15) is 9.78 Å². The van der Waals surface area contributed by atoms with Crippen molar-refractivity contribution in [2.45, 2.75) is 13.8 Å². The first-order chi connectivity index (χ1) is 6.43. The van der Waals surface area contributed by atoms with Gasteiger partial charge in [-0.15, -0.1) is 10.1 Å². The van der Waals surface area contributed by atoms with Gasteiger partial charge in [0.2, 0.25) is 11.8 Å². The maximum absolute atomic E-state index is 10.1. The molecule has 1 heterocycles. The van der Waals surface area contributed by atoms with Crippen LogP contribution in [0.4, 0.5) is 0 Å². The Hall–Kier alpha value is -2.12. The summed E-state index contributed by atoms with van der Waals surface area (Å²) in [6.45, 7) is 3.24. The summed E-state index contributed by atoms with van der Waals surface area (Å²) in [7, 11) is 0. The fourth-order valence-corrected chi connectivity index (χ4v) is 0.925. The van der Waals surface area contributed by atoms with E-state index in [4.69, 9.17) is 11.1 Å². The number of nitrogens with zero attached hydrogens (tertiary/aromatic N) is 3. The van der Waals surface area contributed by atoms with E-state index in [0.717, 1.165) is 4.68 Å². The van der Waals surface area contributed by atoms with Crippen molar-refractivity contribution < 1.29 is 9.92 Å². The number of rotatable bonds is 2. The first-order valence-corrected chi connectivity index (χ1v) is 3.66. The SMILES string of the molecule is Cc1nn(C(=N)N)c(O[N+](=O)[O-])c1C. The Bertz CT molecular complexity index is 396. The van der Waals surface area contributed by atoms with Crippen LogP contribution in [0.1, 0.15) is 11.3 Å². The first-order valence-electron chi connectivity index (χ1n) is 3.66. The van der Waals surface area contributed by atoms with Crippen LogP contribution in [0.5, 0.6) is 5.88 Å². The first kappa shape index (κ1) is 9.96. The van der Waals surface area contributed by atoms with Crippen LogP contribution < -0.4 is 10.6 Å². The Morgan fingerprint density at radius 2 is 2.29 bits per heavy atom. The third kappa shape index (κ3) is 1.63. The standard InChI is InChI=1S/C6H9N5O3/c1-3-4(2)9-10(6(7)8)5(3)14-11(12)13/h1-2H3,(H3,7,8). The lowest BCUT2D eigenvalue weighted by Crippen LogP contribution is -2.24. The van der Waals surface area contributed by atoms with Gasteiger partial charge in [0, 0.05) is 5.56 Å². The summed E-state index contributed by atoms with van der Waals surface area (Å²) in [4.78, 5) is 14.4. The molecule has 0 aromatic carbocycles. The zero-order valence-corrected chi connectivity index (χ0v) is 7.64. The van der Waals surface area contributed by atoms with E-state index >= 15 is 0 Å². The van der Waals surface area contributed by atoms with E-state index in [1.165, 1.54) is 0 Å². The second-order valence-electron chi connectivity index (χ2n) is 2.63. The van der Waals surface area contributed by atoms with Crippen LogP contribution >= 0.6 is 0 Å². The molecule has 0 unspecified atom stereocenters. The third-order valence-corrected chi connectivity index (χ3v) is 1.70. The van der Waals surface area contributed by atoms with Crippen molar-refractivity contribution in [3.8, 4) is 5.88 Å². The van der Waals surface area contributed by atoms with E-state index < -0.39 is 11.0 Å². The van der Waals surface area contributed by atoms with Crippen molar-refractivity contribution in [2.75, 3.05) is 0 Å². The van der Waals surface area contributed by atoms with Crippen LogP contribution in [0, 0.1) is 29.4 Å². The molecule has 0 aliphatic heterocycles. The average molecular weight is 199 g/mol. The van der Waals surface area contributed by atoms with Gasteiger partial charge < -0.3 is 5.73 Å². The van der Waals surface area contributed by atoms with E-state index in [1.54, 1.807) is 13.8 Å². The molecule has 8 heteroatoms. The lowest BCUT2D eigenvalue weighted by molar-refractivity contribution is -0.712. The molecule has 0 aliphatic carbocycles. The predicted molar refractivity (Wildman–Crippen MR) is 46.6 cm³/mol. The zero-order valence-electron chi connectivity index (χ0n) is 7.64. The van der Waals surface area contributed by atoms with Gasteiger partial charge >= 0.3 is 5.09 Å². The van der Waals surface area contributed by atoms with E-state index in [1.807, 2.05) is 0 Å². The number of aromatic nitrogens is 2. The monoisotopic (exact) mass is 199 g/mol. The van der Waals surface area contributed by atoms with Crippen molar-refractivity contribution in [3.05, 3.63) is 21.4 Å². The van der Waals surface area contributed by atoms with Crippen molar-refractivity contribution in [1.82, 2.24) is 9.78 Å². The minimum absolute atomic E-state index is 0.139. The summed E-state index contributed by atoms with van der Waals surface area (Å²) in [5.41, 5.74) is 6.16. The Balaban J connectivity index is 3.23. The molecule has 0 saturated heterocycles. The van der Waals surface area contributed by atoms with E-state index in [2.05, 4.69) is 9.94 Å². The molecule has 0 radical (unpaired) electrons. The van der Waals surface area contributed by atoms with Gasteiger partial charge in [0.1, 0.15) is 0 Å². The number of nitrogen functional groups attached to an aromatic ring is 1. The third-order valence-electron chi connectivity index (χ3n) is 1.70. The average Bonchev–Trinajstić information content (AvgIpc) is 2.32. The summed E-state index contributed by atoms with van der Waals surface area (Å²) >= 11 is 0. The lowest BCUT2D eigenvalue weighted by Gasteiger charge is -2.02. The molecule has 1 aromatic rings. The van der Waals surface area contributed by atoms with Gasteiger partial charge in [-0.05, 0) is 13.8 Å². The van der Waals surface area contributed by atoms with Crippen LogP contribution in [-0.2, 0) is 0 Å². The molecular weight excluding hydrogens is 190 g/mol. The molecular formula is C6H9N5O3. The summed E-state index contributed by atoms with van der Waals surface area (Å²) in [5, 5.41) is 20.1. The highest BCUT2D eigenvalue weighted by atomic mass is 17.0. The Labute approximate surface area is 78.9 Å². The molecule has 0 amide bonds. The molecule has 0 saturated carbocycles. The fraction of sp³-hybridized carbons (Fsp3) is 0.333. The Kier molecular flexibility index (Phi) is 2.36. The highest BCUT2D eigenvalue weighted by Gasteiger charge is 2.16. The second kappa shape index (κ2) is 3.32. The Morgan fingerprint density at radius 3 is 2.71 bits per heavy atom. The van der Waals surface area contributed by atoms with Crippen LogP contribution in [-0.4, -0.2) is 20.8 Å². The summed E-state index contributed by atoms with van der Waals surface area (Å²) < 4.78 is 0.869. The lowest BCUT2D eigenvalue weighted by atomic mass is 10.3. The van der Waals surface area contributed by atoms with E-state index in [9.17, 15) is 10.1 Å². The van der Waals surface area contributed by atoms with Gasteiger partial charge in [-0.1, -0.05) is 0 Å². The smallest absolute Gasteiger partial charge is 0.301 e. The number of nitrogens with two attached hydrogens (primary N) is 1. The predicted octanol–water partition coefficient (Wildman–Crippen LogP) is -0.188. The molecule has 0 spiro atoms. The Morgan fingerprint density at radius 1 is 1.71 bits per heavy atom. The second-order valence-corrected chi connectivity index (χ2v) is 2.63. The normalized spacial score (nSPS) is 9.86. The minimum Gasteiger partial charge on any atom is -0.368 e. The molecule has 0 atom stereocenters. The minimum atomic E-state index is -0.969. The molecule has 14 heavy (non-hydrogen) atoms. The van der Waals surface area contributed by atoms with Gasteiger partial charge in [-0.25, -0.2) is 0 Å². The quantitative estimate of drug-likeness (QED) is 0.296.